The monoisotopic (exact) mass is 847 g/mol. The minimum absolute atomic E-state index is 0.0999. The van der Waals surface area contributed by atoms with Crippen LogP contribution in [0, 0.1) is 0 Å². The lowest BCUT2D eigenvalue weighted by atomic mass is 10.1. The van der Waals surface area contributed by atoms with Crippen molar-refractivity contribution in [2.24, 2.45) is 0 Å². The molecule has 0 rings (SSSR count). The summed E-state index contributed by atoms with van der Waals surface area (Å²) in [7, 11) is 0. The highest BCUT2D eigenvalue weighted by molar-refractivity contribution is 5.71. The van der Waals surface area contributed by atoms with Gasteiger partial charge in [0, 0.05) is 19.3 Å². The zero-order valence-corrected chi connectivity index (χ0v) is 39.4. The van der Waals surface area contributed by atoms with Crippen molar-refractivity contribution >= 4 is 17.9 Å². The van der Waals surface area contributed by atoms with Gasteiger partial charge in [-0.2, -0.15) is 0 Å². The Balaban J connectivity index is 4.49. The second-order valence-corrected chi connectivity index (χ2v) is 16.0. The first-order valence-corrected chi connectivity index (χ1v) is 24.8. The highest BCUT2D eigenvalue weighted by Crippen LogP contribution is 2.14. The third kappa shape index (κ3) is 47.2. The zero-order chi connectivity index (χ0) is 44.4. The number of esters is 3. The van der Waals surface area contributed by atoms with Gasteiger partial charge in [0.15, 0.2) is 6.10 Å². The van der Waals surface area contributed by atoms with Gasteiger partial charge in [-0.3, -0.25) is 14.4 Å². The van der Waals surface area contributed by atoms with E-state index in [0.29, 0.717) is 19.3 Å². The highest BCUT2D eigenvalue weighted by atomic mass is 16.6. The molecule has 0 aliphatic rings. The van der Waals surface area contributed by atoms with Crippen molar-refractivity contribution in [2.45, 2.75) is 219 Å². The highest BCUT2D eigenvalue weighted by Gasteiger charge is 2.19. The summed E-state index contributed by atoms with van der Waals surface area (Å²) in [4.78, 5) is 37.9. The van der Waals surface area contributed by atoms with Gasteiger partial charge in [0.05, 0.1) is 0 Å². The number of rotatable bonds is 43. The van der Waals surface area contributed by atoms with Crippen molar-refractivity contribution in [2.75, 3.05) is 13.2 Å². The molecule has 6 heteroatoms. The van der Waals surface area contributed by atoms with Crippen LogP contribution in [0.25, 0.3) is 0 Å². The average Bonchev–Trinajstić information content (AvgIpc) is 3.26. The fourth-order valence-corrected chi connectivity index (χ4v) is 6.48. The van der Waals surface area contributed by atoms with Crippen LogP contribution < -0.4 is 0 Å². The van der Waals surface area contributed by atoms with Gasteiger partial charge in [-0.25, -0.2) is 0 Å². The molecule has 346 valence electrons. The Morgan fingerprint density at radius 2 is 0.738 bits per heavy atom. The van der Waals surface area contributed by atoms with E-state index in [0.717, 1.165) is 96.3 Å². The van der Waals surface area contributed by atoms with Gasteiger partial charge in [0.25, 0.3) is 0 Å². The van der Waals surface area contributed by atoms with Gasteiger partial charge in [0.1, 0.15) is 13.2 Å². The average molecular weight is 847 g/mol. The third-order valence-electron chi connectivity index (χ3n) is 10.1. The van der Waals surface area contributed by atoms with Crippen LogP contribution in [-0.2, 0) is 28.6 Å². The van der Waals surface area contributed by atoms with Gasteiger partial charge >= 0.3 is 17.9 Å². The fourth-order valence-electron chi connectivity index (χ4n) is 6.48. The second-order valence-electron chi connectivity index (χ2n) is 16.0. The summed E-state index contributed by atoms with van der Waals surface area (Å²) in [6.45, 7) is 6.31. The molecule has 1 atom stereocenters. The van der Waals surface area contributed by atoms with E-state index < -0.39 is 6.10 Å². The Kier molecular flexibility index (Phi) is 46.0. The maximum Gasteiger partial charge on any atom is 0.306 e. The van der Waals surface area contributed by atoms with Gasteiger partial charge in [0.2, 0.25) is 0 Å². The molecule has 0 aromatic heterocycles. The molecule has 0 aromatic rings. The van der Waals surface area contributed by atoms with E-state index in [2.05, 4.69) is 118 Å². The predicted molar refractivity (Wildman–Crippen MR) is 260 cm³/mol. The number of carbonyl (C=O) groups is 3. The van der Waals surface area contributed by atoms with Gasteiger partial charge in [-0.15, -0.1) is 0 Å². The maximum absolute atomic E-state index is 12.8. The van der Waals surface area contributed by atoms with Crippen LogP contribution in [0.1, 0.15) is 213 Å². The van der Waals surface area contributed by atoms with Crippen LogP contribution in [0.15, 0.2) is 97.2 Å². The summed E-state index contributed by atoms with van der Waals surface area (Å²) in [5, 5.41) is 0. The van der Waals surface area contributed by atoms with E-state index in [1.54, 1.807) is 0 Å². The number of carbonyl (C=O) groups excluding carboxylic acids is 3. The first kappa shape index (κ1) is 57.3. The SMILES string of the molecule is CC\C=C/C=C\C=C/CCCCCCCCCC(=O)OC(COC(=O)CCC/C=C\C/C=C\C/C=C\C/C=C\C/C=C\CC)COC(=O)CCCCCCCCCCCCC. The molecule has 0 amide bonds. The van der Waals surface area contributed by atoms with Gasteiger partial charge < -0.3 is 14.2 Å². The molecule has 0 heterocycles. The molecule has 0 radical (unpaired) electrons. The standard InChI is InChI=1S/C55H90O6/c1-4-7-10-13-16-19-22-24-26-27-29-30-33-36-39-42-45-48-54(57)60-51-52(50-59-53(56)47-44-41-38-35-32-21-18-15-12-9-6-3)61-55(58)49-46-43-40-37-34-31-28-25-23-20-17-14-11-8-5-2/h7-8,10-11,14,16-17,19-20,23-24,26,29-30,36,39,52H,4-6,9,12-13,15,18,21-22,25,27-28,31-35,37-38,40-51H2,1-3H3/b10-7-,11-8-,17-14-,19-16-,23-20-,26-24-,30-29-,39-36-. The lowest BCUT2D eigenvalue weighted by molar-refractivity contribution is -0.167. The Morgan fingerprint density at radius 1 is 0.361 bits per heavy atom. The van der Waals surface area contributed by atoms with E-state index >= 15 is 0 Å². The molecule has 0 saturated heterocycles. The topological polar surface area (TPSA) is 78.9 Å². The lowest BCUT2D eigenvalue weighted by Gasteiger charge is -2.18. The van der Waals surface area contributed by atoms with Crippen LogP contribution in [0.4, 0.5) is 0 Å². The van der Waals surface area contributed by atoms with Crippen molar-refractivity contribution < 1.29 is 28.6 Å². The molecule has 0 aliphatic carbocycles. The van der Waals surface area contributed by atoms with Crippen LogP contribution in [0.3, 0.4) is 0 Å². The van der Waals surface area contributed by atoms with Crippen LogP contribution in [-0.4, -0.2) is 37.2 Å². The normalized spacial score (nSPS) is 12.9. The molecule has 6 nitrogen and oxygen atoms in total. The first-order valence-electron chi connectivity index (χ1n) is 24.8. The minimum Gasteiger partial charge on any atom is -0.462 e. The van der Waals surface area contributed by atoms with E-state index in [1.165, 1.54) is 70.6 Å². The van der Waals surface area contributed by atoms with E-state index in [4.69, 9.17) is 14.2 Å². The molecule has 1 unspecified atom stereocenters. The maximum atomic E-state index is 12.8. The number of unbranched alkanes of at least 4 members (excludes halogenated alkanes) is 18. The first-order chi connectivity index (χ1) is 30.0. The van der Waals surface area contributed by atoms with Crippen LogP contribution >= 0.6 is 0 Å². The minimum atomic E-state index is -0.805. The number of ether oxygens (including phenoxy) is 3. The predicted octanol–water partition coefficient (Wildman–Crippen LogP) is 16.2. The van der Waals surface area contributed by atoms with Crippen LogP contribution in [0.2, 0.25) is 0 Å². The van der Waals surface area contributed by atoms with Crippen molar-refractivity contribution in [1.29, 1.82) is 0 Å². The summed E-state index contributed by atoms with van der Waals surface area (Å²) in [6.07, 6.45) is 63.9. The summed E-state index contributed by atoms with van der Waals surface area (Å²) < 4.78 is 16.7. The molecule has 0 aromatic carbocycles. The molecule has 61 heavy (non-hydrogen) atoms. The Bertz CT molecular complexity index is 1250. The summed E-state index contributed by atoms with van der Waals surface area (Å²) >= 11 is 0. The third-order valence-corrected chi connectivity index (χ3v) is 10.1. The molecule has 0 saturated carbocycles. The van der Waals surface area contributed by atoms with Crippen molar-refractivity contribution in [3.8, 4) is 0 Å². The Hall–Kier alpha value is -3.67. The Morgan fingerprint density at radius 3 is 1.23 bits per heavy atom. The Labute approximate surface area is 375 Å². The number of allylic oxidation sites excluding steroid dienone is 16. The van der Waals surface area contributed by atoms with E-state index in [-0.39, 0.29) is 37.5 Å². The van der Waals surface area contributed by atoms with E-state index in [1.807, 2.05) is 0 Å². The number of hydrogen-bond acceptors (Lipinski definition) is 6. The lowest BCUT2D eigenvalue weighted by Crippen LogP contribution is -2.30. The fraction of sp³-hybridized carbons (Fsp3) is 0.655. The van der Waals surface area contributed by atoms with Crippen molar-refractivity contribution in [3.05, 3.63) is 97.2 Å². The molecule has 0 bridgehead atoms. The molecular weight excluding hydrogens is 757 g/mol. The molecular formula is C55H90O6. The van der Waals surface area contributed by atoms with Gasteiger partial charge in [-0.05, 0) is 77.0 Å². The van der Waals surface area contributed by atoms with Crippen LogP contribution in [0.5, 0.6) is 0 Å². The van der Waals surface area contributed by atoms with Crippen molar-refractivity contribution in [3.63, 3.8) is 0 Å². The molecule has 0 spiro atoms. The molecule has 0 fully saturated rings. The van der Waals surface area contributed by atoms with Gasteiger partial charge in [-0.1, -0.05) is 214 Å². The quantitative estimate of drug-likeness (QED) is 0.0200. The summed E-state index contributed by atoms with van der Waals surface area (Å²) in [5.74, 6) is -0.978. The zero-order valence-electron chi connectivity index (χ0n) is 39.4. The van der Waals surface area contributed by atoms with Crippen molar-refractivity contribution in [1.82, 2.24) is 0 Å². The summed E-state index contributed by atoms with van der Waals surface area (Å²) in [6, 6.07) is 0. The number of hydrogen-bond donors (Lipinski definition) is 0. The summed E-state index contributed by atoms with van der Waals surface area (Å²) in [5.41, 5.74) is 0. The largest absolute Gasteiger partial charge is 0.462 e. The second kappa shape index (κ2) is 49.0. The van der Waals surface area contributed by atoms with E-state index in [9.17, 15) is 14.4 Å². The molecule has 0 N–H and O–H groups in total. The molecule has 0 aliphatic heterocycles. The smallest absolute Gasteiger partial charge is 0.306 e.